The highest BCUT2D eigenvalue weighted by atomic mass is 127. The Labute approximate surface area is 192 Å². The van der Waals surface area contributed by atoms with Gasteiger partial charge in [-0.25, -0.2) is 4.98 Å². The van der Waals surface area contributed by atoms with Crippen molar-refractivity contribution in [3.8, 4) is 5.88 Å². The Morgan fingerprint density at radius 1 is 1.33 bits per heavy atom. The molecule has 1 saturated heterocycles. The van der Waals surface area contributed by atoms with Crippen LogP contribution in [0.2, 0.25) is 0 Å². The van der Waals surface area contributed by atoms with Crippen molar-refractivity contribution in [2.24, 2.45) is 10.9 Å². The molecule has 2 rings (SSSR count). The van der Waals surface area contributed by atoms with Gasteiger partial charge in [0.05, 0.1) is 19.8 Å². The normalized spacial score (nSPS) is 16.8. The zero-order valence-electron chi connectivity index (χ0n) is 17.0. The molecular formula is C19H30F3IN4O3. The fraction of sp³-hybridized carbons (Fsp3) is 0.684. The van der Waals surface area contributed by atoms with Crippen molar-refractivity contribution in [3.63, 3.8) is 0 Å². The fourth-order valence-corrected chi connectivity index (χ4v) is 2.70. The molecule has 0 aromatic carbocycles. The van der Waals surface area contributed by atoms with E-state index in [-0.39, 0.29) is 37.1 Å². The Morgan fingerprint density at radius 3 is 2.87 bits per heavy atom. The number of rotatable bonds is 11. The number of aliphatic imine (C=N–C) groups is 1. The number of guanidine groups is 1. The molecule has 1 atom stereocenters. The van der Waals surface area contributed by atoms with Crippen molar-refractivity contribution < 1.29 is 27.4 Å². The minimum absolute atomic E-state index is 0. The first-order valence-electron chi connectivity index (χ1n) is 9.83. The number of hydrogen-bond acceptors (Lipinski definition) is 5. The van der Waals surface area contributed by atoms with Gasteiger partial charge in [0, 0.05) is 38.4 Å². The Kier molecular flexibility index (Phi) is 13.0. The zero-order chi connectivity index (χ0) is 21.0. The van der Waals surface area contributed by atoms with Gasteiger partial charge in [-0.1, -0.05) is 0 Å². The fourth-order valence-electron chi connectivity index (χ4n) is 2.70. The standard InChI is InChI=1S/C19H29F3N4O3.HI/c1-2-23-18(25-8-4-10-27-13-15-6-11-28-14-15)26-9-12-29-17-16(19(20,21)22)5-3-7-24-17;/h3,5,7,15H,2,4,6,8-14H2,1H3,(H2,23,25,26);1H. The summed E-state index contributed by atoms with van der Waals surface area (Å²) in [5.41, 5.74) is -0.884. The lowest BCUT2D eigenvalue weighted by Crippen LogP contribution is -2.39. The van der Waals surface area contributed by atoms with E-state index in [0.717, 1.165) is 32.1 Å². The van der Waals surface area contributed by atoms with E-state index < -0.39 is 17.6 Å². The summed E-state index contributed by atoms with van der Waals surface area (Å²) in [6.07, 6.45) is -1.40. The molecule has 1 aliphatic heterocycles. The molecule has 30 heavy (non-hydrogen) atoms. The van der Waals surface area contributed by atoms with Crippen LogP contribution in [0, 0.1) is 5.92 Å². The van der Waals surface area contributed by atoms with E-state index in [1.807, 2.05) is 6.92 Å². The summed E-state index contributed by atoms with van der Waals surface area (Å²) in [7, 11) is 0. The van der Waals surface area contributed by atoms with Crippen LogP contribution >= 0.6 is 24.0 Å². The first-order valence-corrected chi connectivity index (χ1v) is 9.83. The Hall–Kier alpha value is -1.34. The van der Waals surface area contributed by atoms with E-state index in [1.165, 1.54) is 12.3 Å². The first kappa shape index (κ1) is 26.7. The topological polar surface area (TPSA) is 77.0 Å². The second-order valence-electron chi connectivity index (χ2n) is 6.55. The summed E-state index contributed by atoms with van der Waals surface area (Å²) in [6, 6.07) is 2.18. The molecule has 1 aliphatic rings. The second-order valence-corrected chi connectivity index (χ2v) is 6.55. The van der Waals surface area contributed by atoms with Crippen LogP contribution in [0.15, 0.2) is 23.3 Å². The van der Waals surface area contributed by atoms with Crippen molar-refractivity contribution in [1.82, 2.24) is 15.6 Å². The van der Waals surface area contributed by atoms with E-state index in [0.29, 0.717) is 38.2 Å². The molecule has 0 spiro atoms. The maximum Gasteiger partial charge on any atom is 0.421 e. The maximum atomic E-state index is 12.9. The van der Waals surface area contributed by atoms with Gasteiger partial charge in [-0.15, -0.1) is 24.0 Å². The van der Waals surface area contributed by atoms with Gasteiger partial charge < -0.3 is 24.8 Å². The minimum Gasteiger partial charge on any atom is -0.475 e. The molecule has 0 saturated carbocycles. The first-order chi connectivity index (χ1) is 14.0. The molecule has 0 bridgehead atoms. The van der Waals surface area contributed by atoms with Gasteiger partial charge in [0.25, 0.3) is 0 Å². The van der Waals surface area contributed by atoms with E-state index in [1.54, 1.807) is 0 Å². The average molecular weight is 546 g/mol. The number of halogens is 4. The summed E-state index contributed by atoms with van der Waals surface area (Å²) in [6.45, 7) is 6.43. The molecule has 11 heteroatoms. The van der Waals surface area contributed by atoms with Crippen LogP contribution in [0.5, 0.6) is 5.88 Å². The van der Waals surface area contributed by atoms with E-state index in [2.05, 4.69) is 20.6 Å². The number of pyridine rings is 1. The van der Waals surface area contributed by atoms with Gasteiger partial charge in [-0.3, -0.25) is 4.99 Å². The number of nitrogens with zero attached hydrogens (tertiary/aromatic N) is 2. The Bertz CT molecular complexity index is 629. The van der Waals surface area contributed by atoms with Crippen LogP contribution < -0.4 is 15.4 Å². The molecular weight excluding hydrogens is 516 g/mol. The second kappa shape index (κ2) is 14.6. The quantitative estimate of drug-likeness (QED) is 0.192. The smallest absolute Gasteiger partial charge is 0.421 e. The van der Waals surface area contributed by atoms with Gasteiger partial charge >= 0.3 is 6.18 Å². The highest BCUT2D eigenvalue weighted by molar-refractivity contribution is 14.0. The van der Waals surface area contributed by atoms with Crippen LogP contribution in [0.4, 0.5) is 13.2 Å². The van der Waals surface area contributed by atoms with Crippen LogP contribution in [-0.2, 0) is 15.7 Å². The van der Waals surface area contributed by atoms with Crippen LogP contribution in [0.1, 0.15) is 25.3 Å². The highest BCUT2D eigenvalue weighted by Gasteiger charge is 2.34. The summed E-state index contributed by atoms with van der Waals surface area (Å²) < 4.78 is 54.9. The lowest BCUT2D eigenvalue weighted by molar-refractivity contribution is -0.139. The van der Waals surface area contributed by atoms with Gasteiger partial charge in [0.1, 0.15) is 12.2 Å². The number of alkyl halides is 3. The zero-order valence-corrected chi connectivity index (χ0v) is 19.4. The molecule has 1 fully saturated rings. The molecule has 0 aliphatic carbocycles. The van der Waals surface area contributed by atoms with E-state index in [9.17, 15) is 13.2 Å². The minimum atomic E-state index is -4.50. The third-order valence-electron chi connectivity index (χ3n) is 4.15. The molecule has 1 aromatic heterocycles. The van der Waals surface area contributed by atoms with Crippen molar-refractivity contribution in [3.05, 3.63) is 23.9 Å². The van der Waals surface area contributed by atoms with Crippen molar-refractivity contribution in [2.45, 2.75) is 25.9 Å². The Balaban J connectivity index is 0.00000450. The molecule has 1 unspecified atom stereocenters. The van der Waals surface area contributed by atoms with Gasteiger partial charge in [0.2, 0.25) is 5.88 Å². The maximum absolute atomic E-state index is 12.9. The molecule has 0 amide bonds. The van der Waals surface area contributed by atoms with E-state index >= 15 is 0 Å². The molecule has 0 radical (unpaired) electrons. The summed E-state index contributed by atoms with van der Waals surface area (Å²) in [5, 5.41) is 6.12. The Morgan fingerprint density at radius 2 is 2.17 bits per heavy atom. The van der Waals surface area contributed by atoms with Crippen molar-refractivity contribution >= 4 is 29.9 Å². The number of hydrogen-bond donors (Lipinski definition) is 2. The number of ether oxygens (including phenoxy) is 3. The van der Waals surface area contributed by atoms with Crippen LogP contribution in [0.3, 0.4) is 0 Å². The van der Waals surface area contributed by atoms with Crippen molar-refractivity contribution in [2.75, 3.05) is 52.7 Å². The van der Waals surface area contributed by atoms with E-state index in [4.69, 9.17) is 14.2 Å². The summed E-state index contributed by atoms with van der Waals surface area (Å²) >= 11 is 0. The molecule has 2 heterocycles. The lowest BCUT2D eigenvalue weighted by Gasteiger charge is -2.14. The average Bonchev–Trinajstić information content (AvgIpc) is 3.20. The lowest BCUT2D eigenvalue weighted by atomic mass is 10.1. The highest BCUT2D eigenvalue weighted by Crippen LogP contribution is 2.34. The molecule has 7 nitrogen and oxygen atoms in total. The third kappa shape index (κ3) is 10.1. The predicted molar refractivity (Wildman–Crippen MR) is 118 cm³/mol. The molecule has 172 valence electrons. The van der Waals surface area contributed by atoms with Crippen LogP contribution in [-0.4, -0.2) is 63.6 Å². The molecule has 1 aromatic rings. The largest absolute Gasteiger partial charge is 0.475 e. The predicted octanol–water partition coefficient (Wildman–Crippen LogP) is 3.10. The number of aromatic nitrogens is 1. The number of nitrogens with one attached hydrogen (secondary N) is 2. The van der Waals surface area contributed by atoms with Crippen molar-refractivity contribution in [1.29, 1.82) is 0 Å². The van der Waals surface area contributed by atoms with Gasteiger partial charge in [-0.05, 0) is 31.9 Å². The third-order valence-corrected chi connectivity index (χ3v) is 4.15. The van der Waals surface area contributed by atoms with Gasteiger partial charge in [-0.2, -0.15) is 13.2 Å². The summed E-state index contributed by atoms with van der Waals surface area (Å²) in [4.78, 5) is 8.09. The monoisotopic (exact) mass is 546 g/mol. The molecule has 2 N–H and O–H groups in total. The summed E-state index contributed by atoms with van der Waals surface area (Å²) in [5.74, 6) is 0.653. The van der Waals surface area contributed by atoms with Crippen LogP contribution in [0.25, 0.3) is 0 Å². The van der Waals surface area contributed by atoms with Gasteiger partial charge in [0.15, 0.2) is 5.96 Å². The SMILES string of the molecule is CCNC(=NCCCOCC1CCOC1)NCCOc1ncccc1C(F)(F)F.I.